The Morgan fingerprint density at radius 3 is 2.91 bits per heavy atom. The summed E-state index contributed by atoms with van der Waals surface area (Å²) < 4.78 is 21.0. The molecule has 0 aliphatic carbocycles. The van der Waals surface area contributed by atoms with Gasteiger partial charge in [-0.05, 0) is 11.6 Å². The largest absolute Gasteiger partial charge is 0.392 e. The lowest BCUT2D eigenvalue weighted by molar-refractivity contribution is -0.0900. The van der Waals surface area contributed by atoms with Crippen LogP contribution in [0.3, 0.4) is 0 Å². The van der Waals surface area contributed by atoms with Gasteiger partial charge in [0.2, 0.25) is 5.28 Å². The molecule has 0 bridgehead atoms. The van der Waals surface area contributed by atoms with Crippen LogP contribution in [0.4, 0.5) is 10.2 Å². The van der Waals surface area contributed by atoms with E-state index >= 15 is 0 Å². The maximum atomic E-state index is 14.4. The number of hydrogen-bond donors (Lipinski definition) is 3. The van der Waals surface area contributed by atoms with Gasteiger partial charge in [-0.2, -0.15) is 9.97 Å². The second-order valence-corrected chi connectivity index (χ2v) is 5.13. The SMILES string of the molecule is C#CC1(CO)OC(n2cnc3c(N)nc(Cl)nc32)C(F)C1O. The molecule has 4 atom stereocenters. The van der Waals surface area contributed by atoms with Crippen LogP contribution in [0.15, 0.2) is 6.33 Å². The summed E-state index contributed by atoms with van der Waals surface area (Å²) in [4.78, 5) is 11.6. The number of ether oxygens (including phenoxy) is 1. The van der Waals surface area contributed by atoms with Crippen LogP contribution in [-0.4, -0.2) is 54.2 Å². The second kappa shape index (κ2) is 5.03. The molecule has 0 saturated carbocycles. The number of aliphatic hydroxyl groups excluding tert-OH is 2. The van der Waals surface area contributed by atoms with Crippen molar-refractivity contribution in [1.29, 1.82) is 0 Å². The molecule has 116 valence electrons. The van der Waals surface area contributed by atoms with Crippen LogP contribution in [0.25, 0.3) is 11.2 Å². The monoisotopic (exact) mass is 327 g/mol. The van der Waals surface area contributed by atoms with Crippen molar-refractivity contribution in [1.82, 2.24) is 19.5 Å². The molecule has 2 aromatic rings. The van der Waals surface area contributed by atoms with E-state index < -0.39 is 30.7 Å². The van der Waals surface area contributed by atoms with Gasteiger partial charge in [-0.15, -0.1) is 6.42 Å². The second-order valence-electron chi connectivity index (χ2n) is 4.79. The van der Waals surface area contributed by atoms with Gasteiger partial charge in [0, 0.05) is 0 Å². The highest BCUT2D eigenvalue weighted by Gasteiger charge is 2.55. The summed E-state index contributed by atoms with van der Waals surface area (Å²) in [5.74, 6) is 2.11. The van der Waals surface area contributed by atoms with Crippen molar-refractivity contribution < 1.29 is 19.3 Å². The lowest BCUT2D eigenvalue weighted by atomic mass is 9.98. The molecule has 22 heavy (non-hydrogen) atoms. The highest BCUT2D eigenvalue weighted by atomic mass is 35.5. The topological polar surface area (TPSA) is 119 Å². The average Bonchev–Trinajstić information content (AvgIpc) is 3.01. The first-order valence-corrected chi connectivity index (χ1v) is 6.55. The van der Waals surface area contributed by atoms with E-state index in [0.717, 1.165) is 0 Å². The van der Waals surface area contributed by atoms with E-state index in [-0.39, 0.29) is 22.3 Å². The number of nitrogens with two attached hydrogens (primary N) is 1. The van der Waals surface area contributed by atoms with Gasteiger partial charge >= 0.3 is 0 Å². The van der Waals surface area contributed by atoms with Crippen molar-refractivity contribution in [2.45, 2.75) is 24.1 Å². The van der Waals surface area contributed by atoms with Crippen LogP contribution in [0.1, 0.15) is 6.23 Å². The lowest BCUT2D eigenvalue weighted by Gasteiger charge is -2.23. The summed E-state index contributed by atoms with van der Waals surface area (Å²) in [6.07, 6.45) is 1.52. The molecule has 4 N–H and O–H groups in total. The Bertz CT molecular complexity index is 778. The van der Waals surface area contributed by atoms with Crippen molar-refractivity contribution in [2.24, 2.45) is 0 Å². The normalized spacial score (nSPS) is 31.5. The number of aliphatic hydroxyl groups is 2. The molecule has 0 amide bonds. The van der Waals surface area contributed by atoms with Gasteiger partial charge < -0.3 is 20.7 Å². The minimum atomic E-state index is -1.91. The third kappa shape index (κ3) is 1.93. The molecule has 1 aliphatic rings. The van der Waals surface area contributed by atoms with Gasteiger partial charge in [-0.1, -0.05) is 5.92 Å². The highest BCUT2D eigenvalue weighted by molar-refractivity contribution is 6.28. The number of fused-ring (bicyclic) bond motifs is 1. The van der Waals surface area contributed by atoms with Crippen molar-refractivity contribution in [2.75, 3.05) is 12.3 Å². The van der Waals surface area contributed by atoms with Gasteiger partial charge in [0.1, 0.15) is 11.6 Å². The molecule has 2 aromatic heterocycles. The van der Waals surface area contributed by atoms with E-state index in [0.29, 0.717) is 0 Å². The molecule has 10 heteroatoms. The lowest BCUT2D eigenvalue weighted by Crippen LogP contribution is -2.44. The van der Waals surface area contributed by atoms with Gasteiger partial charge in [-0.3, -0.25) is 4.57 Å². The molecular formula is C12H11ClFN5O3. The number of imidazole rings is 1. The van der Waals surface area contributed by atoms with E-state index in [1.807, 2.05) is 0 Å². The summed E-state index contributed by atoms with van der Waals surface area (Å²) >= 11 is 5.74. The average molecular weight is 328 g/mol. The summed E-state index contributed by atoms with van der Waals surface area (Å²) in [6, 6.07) is 0. The Balaban J connectivity index is 2.11. The number of nitrogen functional groups attached to an aromatic ring is 1. The fraction of sp³-hybridized carbons (Fsp3) is 0.417. The number of halogens is 2. The van der Waals surface area contributed by atoms with Crippen molar-refractivity contribution in [3.63, 3.8) is 0 Å². The molecule has 4 unspecified atom stereocenters. The molecule has 8 nitrogen and oxygen atoms in total. The Hall–Kier alpha value is -1.99. The van der Waals surface area contributed by atoms with Crippen molar-refractivity contribution in [3.8, 4) is 12.3 Å². The summed E-state index contributed by atoms with van der Waals surface area (Å²) in [5.41, 5.74) is 4.16. The minimum absolute atomic E-state index is 0.0214. The fourth-order valence-corrected chi connectivity index (χ4v) is 2.54. The predicted molar refractivity (Wildman–Crippen MR) is 74.4 cm³/mol. The quantitative estimate of drug-likeness (QED) is 0.509. The zero-order valence-electron chi connectivity index (χ0n) is 11.0. The Morgan fingerprint density at radius 2 is 2.32 bits per heavy atom. The molecule has 3 heterocycles. The Labute approximate surface area is 128 Å². The van der Waals surface area contributed by atoms with Crippen LogP contribution >= 0.6 is 11.6 Å². The first-order valence-electron chi connectivity index (χ1n) is 6.17. The fourth-order valence-electron chi connectivity index (χ4n) is 2.37. The standard InChI is InChI=1S/C12H11ClFN5O3/c1-2-12(3-20)7(21)5(14)10(22-12)19-4-16-6-8(15)17-11(13)18-9(6)19/h1,4-5,7,10,20-21H,3H2,(H2,15,17,18). The van der Waals surface area contributed by atoms with Gasteiger partial charge in [0.15, 0.2) is 29.5 Å². The number of alkyl halides is 1. The van der Waals surface area contributed by atoms with Crippen molar-refractivity contribution in [3.05, 3.63) is 11.6 Å². The molecule has 0 aromatic carbocycles. The van der Waals surface area contributed by atoms with Crippen LogP contribution < -0.4 is 5.73 Å². The minimum Gasteiger partial charge on any atom is -0.392 e. The number of terminal acetylenes is 1. The van der Waals surface area contributed by atoms with Gasteiger partial charge in [0.25, 0.3) is 0 Å². The third-order valence-corrected chi connectivity index (χ3v) is 3.73. The summed E-state index contributed by atoms with van der Waals surface area (Å²) in [5, 5.41) is 19.1. The van der Waals surface area contributed by atoms with Gasteiger partial charge in [-0.25, -0.2) is 9.37 Å². The molecule has 1 aliphatic heterocycles. The summed E-state index contributed by atoms with van der Waals surface area (Å²) in [6.45, 7) is -0.744. The van der Waals surface area contributed by atoms with E-state index in [4.69, 9.17) is 28.5 Å². The number of hydrogen-bond acceptors (Lipinski definition) is 7. The highest BCUT2D eigenvalue weighted by Crippen LogP contribution is 2.39. The molecule has 1 fully saturated rings. The van der Waals surface area contributed by atoms with E-state index in [2.05, 4.69) is 20.9 Å². The predicted octanol–water partition coefficient (Wildman–Crippen LogP) is -0.346. The molecule has 0 radical (unpaired) electrons. The van der Waals surface area contributed by atoms with E-state index in [9.17, 15) is 14.6 Å². The number of rotatable bonds is 2. The van der Waals surface area contributed by atoms with Crippen molar-refractivity contribution >= 4 is 28.6 Å². The molecule has 3 rings (SSSR count). The van der Waals surface area contributed by atoms with Gasteiger partial charge in [0.05, 0.1) is 12.9 Å². The van der Waals surface area contributed by atoms with E-state index in [1.165, 1.54) is 10.9 Å². The summed E-state index contributed by atoms with van der Waals surface area (Å²) in [7, 11) is 0. The van der Waals surface area contributed by atoms with Crippen LogP contribution in [0.2, 0.25) is 5.28 Å². The van der Waals surface area contributed by atoms with Crippen LogP contribution in [0.5, 0.6) is 0 Å². The number of aromatic nitrogens is 4. The third-order valence-electron chi connectivity index (χ3n) is 3.56. The number of anilines is 1. The van der Waals surface area contributed by atoms with Crippen LogP contribution in [0, 0.1) is 12.3 Å². The maximum Gasteiger partial charge on any atom is 0.226 e. The first kappa shape index (κ1) is 14.9. The molecular weight excluding hydrogens is 317 g/mol. The zero-order valence-corrected chi connectivity index (χ0v) is 11.8. The maximum absolute atomic E-state index is 14.4. The first-order chi connectivity index (χ1) is 10.4. The van der Waals surface area contributed by atoms with E-state index in [1.54, 1.807) is 0 Å². The smallest absolute Gasteiger partial charge is 0.226 e. The van der Waals surface area contributed by atoms with Crippen LogP contribution in [-0.2, 0) is 4.74 Å². The Morgan fingerprint density at radius 1 is 1.59 bits per heavy atom. The Kier molecular flexibility index (Phi) is 3.41. The molecule has 0 spiro atoms. The zero-order chi connectivity index (χ0) is 16.1. The number of nitrogens with zero attached hydrogens (tertiary/aromatic N) is 4. The molecule has 1 saturated heterocycles.